The third kappa shape index (κ3) is 1.19. The molecule has 1 unspecified atom stereocenters. The molecular formula is C6H11N3O2. The van der Waals surface area contributed by atoms with Gasteiger partial charge in [0.2, 0.25) is 11.8 Å². The fourth-order valence-corrected chi connectivity index (χ4v) is 1.18. The highest BCUT2D eigenvalue weighted by Crippen LogP contribution is 2.19. The quantitative estimate of drug-likeness (QED) is 0.405. The molecule has 2 amide bonds. The van der Waals surface area contributed by atoms with Gasteiger partial charge in [-0.15, -0.1) is 0 Å². The maximum absolute atomic E-state index is 11.0. The second kappa shape index (κ2) is 2.20. The molecule has 1 heterocycles. The van der Waals surface area contributed by atoms with Crippen LogP contribution in [0.5, 0.6) is 0 Å². The Morgan fingerprint density at radius 1 is 1.64 bits per heavy atom. The number of primary amides is 1. The number of carbonyl (C=O) groups is 2. The van der Waals surface area contributed by atoms with E-state index in [0.717, 1.165) is 0 Å². The minimum absolute atomic E-state index is 0.359. The fourth-order valence-electron chi connectivity index (χ4n) is 1.18. The second-order valence-electron chi connectivity index (χ2n) is 3.17. The minimum atomic E-state index is -0.775. The van der Waals surface area contributed by atoms with Gasteiger partial charge < -0.3 is 5.73 Å². The molecule has 0 spiro atoms. The van der Waals surface area contributed by atoms with E-state index >= 15 is 0 Å². The first-order valence-corrected chi connectivity index (χ1v) is 3.31. The zero-order valence-electron chi connectivity index (χ0n) is 6.47. The predicted molar refractivity (Wildman–Crippen MR) is 38.0 cm³/mol. The van der Waals surface area contributed by atoms with Crippen LogP contribution in [0.2, 0.25) is 0 Å². The summed E-state index contributed by atoms with van der Waals surface area (Å²) in [6.07, 6.45) is 0. The first kappa shape index (κ1) is 8.00. The van der Waals surface area contributed by atoms with Crippen molar-refractivity contribution in [3.63, 3.8) is 0 Å². The fraction of sp³-hybridized carbons (Fsp3) is 0.667. The van der Waals surface area contributed by atoms with Crippen LogP contribution >= 0.6 is 0 Å². The molecule has 1 saturated heterocycles. The normalized spacial score (nSPS) is 28.2. The number of nitrogens with two attached hydrogens (primary N) is 1. The Kier molecular flexibility index (Phi) is 1.60. The molecule has 11 heavy (non-hydrogen) atoms. The Morgan fingerprint density at radius 2 is 2.18 bits per heavy atom. The van der Waals surface area contributed by atoms with Gasteiger partial charge in [-0.3, -0.25) is 15.0 Å². The van der Waals surface area contributed by atoms with Crippen LogP contribution in [-0.4, -0.2) is 17.4 Å². The number of carbonyl (C=O) groups excluding carboxylic acids is 2. The van der Waals surface area contributed by atoms with Gasteiger partial charge in [-0.2, -0.15) is 0 Å². The van der Waals surface area contributed by atoms with E-state index < -0.39 is 17.4 Å². The molecule has 1 fully saturated rings. The highest BCUT2D eigenvalue weighted by Gasteiger charge is 2.44. The van der Waals surface area contributed by atoms with Gasteiger partial charge >= 0.3 is 0 Å². The molecule has 5 nitrogen and oxygen atoms in total. The van der Waals surface area contributed by atoms with Crippen LogP contribution < -0.4 is 16.6 Å². The van der Waals surface area contributed by atoms with Crippen molar-refractivity contribution in [3.8, 4) is 0 Å². The van der Waals surface area contributed by atoms with Crippen molar-refractivity contribution >= 4 is 11.8 Å². The third-order valence-corrected chi connectivity index (χ3v) is 1.78. The molecule has 0 aromatic rings. The zero-order valence-corrected chi connectivity index (χ0v) is 6.47. The Balaban J connectivity index is 2.89. The monoisotopic (exact) mass is 157 g/mol. The van der Waals surface area contributed by atoms with Crippen LogP contribution in [0.25, 0.3) is 0 Å². The van der Waals surface area contributed by atoms with Crippen molar-refractivity contribution in [2.24, 2.45) is 11.7 Å². The zero-order chi connectivity index (χ0) is 8.65. The summed E-state index contributed by atoms with van der Waals surface area (Å²) in [6, 6.07) is 0. The molecular weight excluding hydrogens is 146 g/mol. The lowest BCUT2D eigenvalue weighted by Gasteiger charge is -2.20. The number of nitrogens with one attached hydrogen (secondary N) is 2. The van der Waals surface area contributed by atoms with Crippen LogP contribution in [0.1, 0.15) is 13.8 Å². The molecule has 0 aromatic heterocycles. The van der Waals surface area contributed by atoms with E-state index in [9.17, 15) is 9.59 Å². The maximum atomic E-state index is 11.0. The Labute approximate surface area is 64.3 Å². The standard InChI is InChI=1S/C6H11N3O2/c1-6(2)3(4(7)10)5(11)8-9-6/h3,9H,1-2H3,(H2,7,10)(H,8,11). The molecule has 0 bridgehead atoms. The largest absolute Gasteiger partial charge is 0.369 e. The Morgan fingerprint density at radius 3 is 2.36 bits per heavy atom. The number of amides is 2. The van der Waals surface area contributed by atoms with Gasteiger partial charge in [-0.25, -0.2) is 5.43 Å². The first-order valence-electron chi connectivity index (χ1n) is 3.31. The summed E-state index contributed by atoms with van der Waals surface area (Å²) in [5.41, 5.74) is 9.47. The summed E-state index contributed by atoms with van der Waals surface area (Å²) in [7, 11) is 0. The van der Waals surface area contributed by atoms with Gasteiger partial charge in [0.1, 0.15) is 5.92 Å². The van der Waals surface area contributed by atoms with E-state index in [0.29, 0.717) is 0 Å². The summed E-state index contributed by atoms with van der Waals surface area (Å²) in [6.45, 7) is 3.47. The second-order valence-corrected chi connectivity index (χ2v) is 3.17. The topological polar surface area (TPSA) is 84.2 Å². The average molecular weight is 157 g/mol. The van der Waals surface area contributed by atoms with Crippen LogP contribution in [0.4, 0.5) is 0 Å². The van der Waals surface area contributed by atoms with Crippen molar-refractivity contribution in [2.75, 3.05) is 0 Å². The number of rotatable bonds is 1. The van der Waals surface area contributed by atoms with Gasteiger partial charge in [0.05, 0.1) is 5.54 Å². The molecule has 1 aliphatic heterocycles. The van der Waals surface area contributed by atoms with Crippen molar-refractivity contribution < 1.29 is 9.59 Å². The van der Waals surface area contributed by atoms with E-state index in [1.54, 1.807) is 13.8 Å². The average Bonchev–Trinajstić information content (AvgIpc) is 2.06. The lowest BCUT2D eigenvalue weighted by molar-refractivity contribution is -0.132. The molecule has 4 N–H and O–H groups in total. The van der Waals surface area contributed by atoms with E-state index in [4.69, 9.17) is 5.73 Å². The molecule has 0 saturated carbocycles. The van der Waals surface area contributed by atoms with Crippen molar-refractivity contribution in [1.29, 1.82) is 0 Å². The minimum Gasteiger partial charge on any atom is -0.369 e. The van der Waals surface area contributed by atoms with Gasteiger partial charge in [0.25, 0.3) is 0 Å². The van der Waals surface area contributed by atoms with Gasteiger partial charge in [0, 0.05) is 0 Å². The molecule has 0 radical (unpaired) electrons. The molecule has 1 rings (SSSR count). The van der Waals surface area contributed by atoms with Crippen LogP contribution in [0, 0.1) is 5.92 Å². The summed E-state index contributed by atoms with van der Waals surface area (Å²) in [5.74, 6) is -1.73. The third-order valence-electron chi connectivity index (χ3n) is 1.78. The van der Waals surface area contributed by atoms with E-state index in [1.807, 2.05) is 0 Å². The van der Waals surface area contributed by atoms with E-state index in [2.05, 4.69) is 10.9 Å². The SMILES string of the molecule is CC1(C)NNC(=O)C1C(N)=O. The summed E-state index contributed by atoms with van der Waals surface area (Å²) in [5, 5.41) is 0. The first-order chi connectivity index (χ1) is 4.95. The van der Waals surface area contributed by atoms with E-state index in [1.165, 1.54) is 0 Å². The molecule has 1 atom stereocenters. The predicted octanol–water partition coefficient (Wildman–Crippen LogP) is -1.50. The molecule has 62 valence electrons. The van der Waals surface area contributed by atoms with Crippen molar-refractivity contribution in [1.82, 2.24) is 10.9 Å². The van der Waals surface area contributed by atoms with Crippen molar-refractivity contribution in [2.45, 2.75) is 19.4 Å². The Hall–Kier alpha value is -1.10. The smallest absolute Gasteiger partial charge is 0.248 e. The lowest BCUT2D eigenvalue weighted by Crippen LogP contribution is -2.45. The van der Waals surface area contributed by atoms with Crippen LogP contribution in [0.15, 0.2) is 0 Å². The lowest BCUT2D eigenvalue weighted by atomic mass is 9.89. The van der Waals surface area contributed by atoms with Crippen LogP contribution in [0.3, 0.4) is 0 Å². The highest BCUT2D eigenvalue weighted by atomic mass is 16.2. The highest BCUT2D eigenvalue weighted by molar-refractivity contribution is 6.02. The summed E-state index contributed by atoms with van der Waals surface area (Å²) >= 11 is 0. The summed E-state index contributed by atoms with van der Waals surface area (Å²) < 4.78 is 0. The number of hydrogen-bond acceptors (Lipinski definition) is 3. The van der Waals surface area contributed by atoms with Gasteiger partial charge in [0.15, 0.2) is 0 Å². The maximum Gasteiger partial charge on any atom is 0.248 e. The van der Waals surface area contributed by atoms with Crippen LogP contribution in [-0.2, 0) is 9.59 Å². The van der Waals surface area contributed by atoms with Gasteiger partial charge in [-0.1, -0.05) is 0 Å². The Bertz CT molecular complexity index is 212. The number of hydrogen-bond donors (Lipinski definition) is 3. The molecule has 0 aliphatic carbocycles. The molecule has 5 heteroatoms. The molecule has 0 aromatic carbocycles. The number of hydrazine groups is 1. The molecule has 1 aliphatic rings. The van der Waals surface area contributed by atoms with Gasteiger partial charge in [-0.05, 0) is 13.8 Å². The van der Waals surface area contributed by atoms with E-state index in [-0.39, 0.29) is 5.91 Å². The van der Waals surface area contributed by atoms with Crippen molar-refractivity contribution in [3.05, 3.63) is 0 Å². The summed E-state index contributed by atoms with van der Waals surface area (Å²) in [4.78, 5) is 21.7.